The molecular weight excluding hydrogens is 230 g/mol. The van der Waals surface area contributed by atoms with E-state index < -0.39 is 0 Å². The largest absolute Gasteiger partial charge is 0.379 e. The number of aryl methyl sites for hydroxylation is 2. The van der Waals surface area contributed by atoms with E-state index in [4.69, 9.17) is 4.74 Å². The molecule has 1 fully saturated rings. The van der Waals surface area contributed by atoms with Crippen LogP contribution >= 0.6 is 0 Å². The second kappa shape index (κ2) is 4.39. The Hall–Kier alpha value is -1.36. The van der Waals surface area contributed by atoms with Gasteiger partial charge in [-0.1, -0.05) is 13.8 Å². The topological polar surface area (TPSA) is 56.1 Å². The summed E-state index contributed by atoms with van der Waals surface area (Å²) in [4.78, 5) is 12.2. The third-order valence-corrected chi connectivity index (χ3v) is 3.79. The fraction of sp³-hybridized carbons (Fsp3) is 0.692. The van der Waals surface area contributed by atoms with Gasteiger partial charge in [-0.05, 0) is 24.3 Å². The van der Waals surface area contributed by atoms with E-state index >= 15 is 0 Å². The zero-order valence-electron chi connectivity index (χ0n) is 11.7. The summed E-state index contributed by atoms with van der Waals surface area (Å²) < 4.78 is 7.06. The maximum Gasteiger partial charge on any atom is 0.270 e. The Balaban J connectivity index is 2.06. The number of hydrogen-bond donors (Lipinski definition) is 1. The molecule has 0 aromatic carbocycles. The molecular formula is C13H21N3O2. The van der Waals surface area contributed by atoms with Crippen molar-refractivity contribution >= 4 is 5.91 Å². The SMILES string of the molecule is COC1C(NC(=O)c2c(C)cnn2C)CC1(C)C. The molecule has 100 valence electrons. The fourth-order valence-corrected chi connectivity index (χ4v) is 2.89. The smallest absolute Gasteiger partial charge is 0.270 e. The summed E-state index contributed by atoms with van der Waals surface area (Å²) >= 11 is 0. The van der Waals surface area contributed by atoms with Crippen LogP contribution in [0.3, 0.4) is 0 Å². The van der Waals surface area contributed by atoms with Crippen LogP contribution in [0.15, 0.2) is 6.20 Å². The maximum absolute atomic E-state index is 12.2. The van der Waals surface area contributed by atoms with Gasteiger partial charge in [0.2, 0.25) is 0 Å². The van der Waals surface area contributed by atoms with Crippen molar-refractivity contribution < 1.29 is 9.53 Å². The number of rotatable bonds is 3. The first kappa shape index (κ1) is 13.1. The van der Waals surface area contributed by atoms with E-state index in [1.54, 1.807) is 25.0 Å². The molecule has 1 saturated carbocycles. The van der Waals surface area contributed by atoms with Gasteiger partial charge in [-0.25, -0.2) is 0 Å². The molecule has 1 aliphatic rings. The molecule has 1 aliphatic carbocycles. The van der Waals surface area contributed by atoms with Gasteiger partial charge < -0.3 is 10.1 Å². The number of ether oxygens (including phenoxy) is 1. The summed E-state index contributed by atoms with van der Waals surface area (Å²) in [5.41, 5.74) is 1.64. The van der Waals surface area contributed by atoms with Gasteiger partial charge in [-0.15, -0.1) is 0 Å². The van der Waals surface area contributed by atoms with Crippen LogP contribution in [-0.4, -0.2) is 34.9 Å². The standard InChI is InChI=1S/C13H21N3O2/c1-8-7-14-16(4)10(8)12(17)15-9-6-13(2,3)11(9)18-5/h7,9,11H,6H2,1-5H3,(H,15,17). The second-order valence-electron chi connectivity index (χ2n) is 5.73. The third kappa shape index (κ3) is 2.03. The monoisotopic (exact) mass is 251 g/mol. The number of nitrogens with one attached hydrogen (secondary N) is 1. The average molecular weight is 251 g/mol. The van der Waals surface area contributed by atoms with Crippen LogP contribution in [0.4, 0.5) is 0 Å². The van der Waals surface area contributed by atoms with Gasteiger partial charge in [-0.3, -0.25) is 9.48 Å². The number of carbonyl (C=O) groups is 1. The van der Waals surface area contributed by atoms with E-state index in [1.165, 1.54) is 0 Å². The van der Waals surface area contributed by atoms with E-state index in [2.05, 4.69) is 24.3 Å². The summed E-state index contributed by atoms with van der Waals surface area (Å²) in [7, 11) is 3.47. The van der Waals surface area contributed by atoms with Crippen LogP contribution in [0.2, 0.25) is 0 Å². The average Bonchev–Trinajstić information content (AvgIpc) is 2.57. The highest BCUT2D eigenvalue weighted by Gasteiger charge is 2.48. The Labute approximate surface area is 108 Å². The molecule has 2 atom stereocenters. The van der Waals surface area contributed by atoms with Crippen LogP contribution in [0.1, 0.15) is 36.3 Å². The van der Waals surface area contributed by atoms with Gasteiger partial charge in [0.25, 0.3) is 5.91 Å². The molecule has 1 aromatic rings. The molecule has 0 radical (unpaired) electrons. The summed E-state index contributed by atoms with van der Waals surface area (Å²) in [5.74, 6) is -0.0740. The van der Waals surface area contributed by atoms with Crippen LogP contribution in [-0.2, 0) is 11.8 Å². The number of methoxy groups -OCH3 is 1. The van der Waals surface area contributed by atoms with Crippen molar-refractivity contribution in [3.05, 3.63) is 17.5 Å². The quantitative estimate of drug-likeness (QED) is 0.880. The first-order valence-corrected chi connectivity index (χ1v) is 6.19. The van der Waals surface area contributed by atoms with Crippen molar-refractivity contribution in [3.63, 3.8) is 0 Å². The minimum atomic E-state index is -0.0740. The Morgan fingerprint density at radius 2 is 2.28 bits per heavy atom. The summed E-state index contributed by atoms with van der Waals surface area (Å²) in [6.45, 7) is 6.19. The van der Waals surface area contributed by atoms with Gasteiger partial charge >= 0.3 is 0 Å². The molecule has 1 N–H and O–H groups in total. The van der Waals surface area contributed by atoms with E-state index in [0.717, 1.165) is 12.0 Å². The lowest BCUT2D eigenvalue weighted by molar-refractivity contribution is -0.0955. The number of aromatic nitrogens is 2. The van der Waals surface area contributed by atoms with Gasteiger partial charge in [0, 0.05) is 14.2 Å². The van der Waals surface area contributed by atoms with Crippen LogP contribution in [0.25, 0.3) is 0 Å². The fourth-order valence-electron chi connectivity index (χ4n) is 2.89. The lowest BCUT2D eigenvalue weighted by atomic mass is 9.65. The van der Waals surface area contributed by atoms with E-state index in [1.807, 2.05) is 6.92 Å². The predicted octanol–water partition coefficient (Wildman–Crippen LogP) is 1.27. The number of hydrogen-bond acceptors (Lipinski definition) is 3. The minimum Gasteiger partial charge on any atom is -0.379 e. The molecule has 1 heterocycles. The molecule has 18 heavy (non-hydrogen) atoms. The highest BCUT2D eigenvalue weighted by Crippen LogP contribution is 2.42. The molecule has 0 aliphatic heterocycles. The van der Waals surface area contributed by atoms with Crippen molar-refractivity contribution in [2.24, 2.45) is 12.5 Å². The molecule has 0 spiro atoms. The number of amides is 1. The summed E-state index contributed by atoms with van der Waals surface area (Å²) in [6, 6.07) is 0.0896. The highest BCUT2D eigenvalue weighted by molar-refractivity contribution is 5.94. The lowest BCUT2D eigenvalue weighted by Gasteiger charge is -2.50. The molecule has 2 unspecified atom stereocenters. The van der Waals surface area contributed by atoms with Gasteiger partial charge in [0.15, 0.2) is 0 Å². The Morgan fingerprint density at radius 1 is 1.61 bits per heavy atom. The van der Waals surface area contributed by atoms with Crippen LogP contribution < -0.4 is 5.32 Å². The van der Waals surface area contributed by atoms with E-state index in [-0.39, 0.29) is 23.5 Å². The summed E-state index contributed by atoms with van der Waals surface area (Å²) in [6.07, 6.45) is 2.72. The molecule has 5 heteroatoms. The molecule has 5 nitrogen and oxygen atoms in total. The second-order valence-corrected chi connectivity index (χ2v) is 5.73. The lowest BCUT2D eigenvalue weighted by Crippen LogP contribution is -2.61. The number of carbonyl (C=O) groups excluding carboxylic acids is 1. The van der Waals surface area contributed by atoms with Crippen LogP contribution in [0, 0.1) is 12.3 Å². The maximum atomic E-state index is 12.2. The zero-order chi connectivity index (χ0) is 13.5. The van der Waals surface area contributed by atoms with Crippen LogP contribution in [0.5, 0.6) is 0 Å². The molecule has 0 bridgehead atoms. The minimum absolute atomic E-state index is 0.0740. The van der Waals surface area contributed by atoms with Gasteiger partial charge in [0.1, 0.15) is 5.69 Å². The van der Waals surface area contributed by atoms with Gasteiger partial charge in [-0.2, -0.15) is 5.10 Å². The molecule has 1 amide bonds. The van der Waals surface area contributed by atoms with Gasteiger partial charge in [0.05, 0.1) is 18.3 Å². The Morgan fingerprint density at radius 3 is 2.72 bits per heavy atom. The molecule has 0 saturated heterocycles. The van der Waals surface area contributed by atoms with Crippen molar-refractivity contribution in [1.29, 1.82) is 0 Å². The Kier molecular flexibility index (Phi) is 3.19. The zero-order valence-corrected chi connectivity index (χ0v) is 11.7. The predicted molar refractivity (Wildman–Crippen MR) is 68.4 cm³/mol. The molecule has 2 rings (SSSR count). The Bertz CT molecular complexity index is 445. The first-order chi connectivity index (χ1) is 8.36. The van der Waals surface area contributed by atoms with Crippen molar-refractivity contribution in [2.75, 3.05) is 7.11 Å². The first-order valence-electron chi connectivity index (χ1n) is 6.19. The highest BCUT2D eigenvalue weighted by atomic mass is 16.5. The number of nitrogens with zero attached hydrogens (tertiary/aromatic N) is 2. The molecule has 1 aromatic heterocycles. The third-order valence-electron chi connectivity index (χ3n) is 3.79. The van der Waals surface area contributed by atoms with Crippen molar-refractivity contribution in [3.8, 4) is 0 Å². The summed E-state index contributed by atoms with van der Waals surface area (Å²) in [5, 5.41) is 7.11. The van der Waals surface area contributed by atoms with Crippen molar-refractivity contribution in [2.45, 2.75) is 39.3 Å². The van der Waals surface area contributed by atoms with E-state index in [0.29, 0.717) is 5.69 Å². The van der Waals surface area contributed by atoms with E-state index in [9.17, 15) is 4.79 Å². The normalized spacial score (nSPS) is 25.6. The van der Waals surface area contributed by atoms with Crippen molar-refractivity contribution in [1.82, 2.24) is 15.1 Å².